The average Bonchev–Trinajstić information content (AvgIpc) is 2.85. The van der Waals surface area contributed by atoms with Gasteiger partial charge in [-0.15, -0.1) is 0 Å². The van der Waals surface area contributed by atoms with Gasteiger partial charge in [0.1, 0.15) is 0 Å². The molecule has 0 rings (SSSR count). The van der Waals surface area contributed by atoms with Gasteiger partial charge in [0.15, 0.2) is 0 Å². The quantitative estimate of drug-likeness (QED) is 0.0771. The number of carbonyl (C=O) groups is 2. The molecule has 0 bridgehead atoms. The summed E-state index contributed by atoms with van der Waals surface area (Å²) in [5.41, 5.74) is 0. The van der Waals surface area contributed by atoms with Crippen molar-refractivity contribution in [2.75, 3.05) is 13.2 Å². The summed E-state index contributed by atoms with van der Waals surface area (Å²) in [5.74, 6) is 2.74. The van der Waals surface area contributed by atoms with Crippen LogP contribution in [0.4, 0.5) is 0 Å². The number of hydrogen-bond acceptors (Lipinski definition) is 4. The predicted octanol–water partition coefficient (Wildman–Crippen LogP) is 10.5. The van der Waals surface area contributed by atoms with Gasteiger partial charge in [0.25, 0.3) is 0 Å². The van der Waals surface area contributed by atoms with Gasteiger partial charge in [0.05, 0.1) is 13.2 Å². The Morgan fingerprint density at radius 1 is 0.447 bits per heavy atom. The largest absolute Gasteiger partial charge is 0.466 e. The standard InChI is InChI=1S/C34H66O4/c1-29(2)21-15-13-19-27-37-33(35)24-18-12-10-8-7-9-11-17-23-32(31(5)6)25-26-34(36)38-28-20-14-16-22-30(3)4/h29-32H,7-28H2,1-6H3. The maximum absolute atomic E-state index is 12.1. The van der Waals surface area contributed by atoms with Crippen molar-refractivity contribution < 1.29 is 19.1 Å². The molecule has 0 amide bonds. The van der Waals surface area contributed by atoms with E-state index < -0.39 is 0 Å². The van der Waals surface area contributed by atoms with Crippen molar-refractivity contribution in [3.05, 3.63) is 0 Å². The number of unbranched alkanes of at least 4 members (excludes halogenated alkanes) is 11. The van der Waals surface area contributed by atoms with Crippen LogP contribution in [0.2, 0.25) is 0 Å². The van der Waals surface area contributed by atoms with Gasteiger partial charge >= 0.3 is 11.9 Å². The number of rotatable bonds is 27. The van der Waals surface area contributed by atoms with Crippen molar-refractivity contribution in [3.63, 3.8) is 0 Å². The summed E-state index contributed by atoms with van der Waals surface area (Å²) in [6, 6.07) is 0. The Morgan fingerprint density at radius 2 is 0.842 bits per heavy atom. The molecule has 226 valence electrons. The van der Waals surface area contributed by atoms with Crippen molar-refractivity contribution in [2.45, 2.75) is 170 Å². The summed E-state index contributed by atoms with van der Waals surface area (Å²) in [6.07, 6.45) is 22.4. The van der Waals surface area contributed by atoms with Gasteiger partial charge in [-0.25, -0.2) is 0 Å². The molecule has 1 atom stereocenters. The third-order valence-electron chi connectivity index (χ3n) is 7.75. The van der Waals surface area contributed by atoms with E-state index in [0.29, 0.717) is 37.9 Å². The Labute approximate surface area is 237 Å². The van der Waals surface area contributed by atoms with Crippen molar-refractivity contribution in [1.82, 2.24) is 0 Å². The van der Waals surface area contributed by atoms with Gasteiger partial charge in [0.2, 0.25) is 0 Å². The highest BCUT2D eigenvalue weighted by Gasteiger charge is 2.15. The molecule has 0 saturated carbocycles. The van der Waals surface area contributed by atoms with E-state index in [0.717, 1.165) is 56.8 Å². The van der Waals surface area contributed by atoms with Gasteiger partial charge < -0.3 is 9.47 Å². The van der Waals surface area contributed by atoms with Crippen LogP contribution in [-0.2, 0) is 19.1 Å². The molecule has 1 unspecified atom stereocenters. The lowest BCUT2D eigenvalue weighted by Gasteiger charge is -2.20. The first-order valence-corrected chi connectivity index (χ1v) is 16.5. The second kappa shape index (κ2) is 26.2. The molecule has 0 aliphatic carbocycles. The highest BCUT2D eigenvalue weighted by atomic mass is 16.5. The average molecular weight is 539 g/mol. The predicted molar refractivity (Wildman–Crippen MR) is 162 cm³/mol. The SMILES string of the molecule is CC(C)CCCCCOC(=O)CCCCCCCCCCC(CCC(=O)OCCCCCC(C)C)C(C)C. The zero-order chi connectivity index (χ0) is 28.4. The molecule has 0 spiro atoms. The van der Waals surface area contributed by atoms with Crippen LogP contribution in [0.5, 0.6) is 0 Å². The van der Waals surface area contributed by atoms with Gasteiger partial charge in [-0.3, -0.25) is 9.59 Å². The second-order valence-corrected chi connectivity index (χ2v) is 12.8. The van der Waals surface area contributed by atoms with Crippen molar-refractivity contribution in [1.29, 1.82) is 0 Å². The number of carbonyl (C=O) groups excluding carboxylic acids is 2. The summed E-state index contributed by atoms with van der Waals surface area (Å²) >= 11 is 0. The molecule has 4 heteroatoms. The molecule has 0 aliphatic rings. The Hall–Kier alpha value is -1.06. The van der Waals surface area contributed by atoms with E-state index in [9.17, 15) is 9.59 Å². The number of ether oxygens (including phenoxy) is 2. The lowest BCUT2D eigenvalue weighted by atomic mass is 9.86. The first-order chi connectivity index (χ1) is 18.2. The van der Waals surface area contributed by atoms with E-state index in [1.165, 1.54) is 70.6 Å². The fraction of sp³-hybridized carbons (Fsp3) is 0.941. The van der Waals surface area contributed by atoms with Crippen LogP contribution in [-0.4, -0.2) is 25.2 Å². The molecular weight excluding hydrogens is 472 g/mol. The van der Waals surface area contributed by atoms with Gasteiger partial charge in [-0.1, -0.05) is 131 Å². The molecule has 0 N–H and O–H groups in total. The zero-order valence-electron chi connectivity index (χ0n) is 26.5. The third-order valence-corrected chi connectivity index (χ3v) is 7.75. The minimum absolute atomic E-state index is 0.00938. The maximum Gasteiger partial charge on any atom is 0.305 e. The molecule has 0 fully saturated rings. The molecule has 0 heterocycles. The van der Waals surface area contributed by atoms with Gasteiger partial charge in [-0.05, 0) is 49.4 Å². The Kier molecular flexibility index (Phi) is 25.4. The summed E-state index contributed by atoms with van der Waals surface area (Å²) in [5, 5.41) is 0. The van der Waals surface area contributed by atoms with Crippen LogP contribution in [0, 0.1) is 23.7 Å². The minimum atomic E-state index is -0.0149. The van der Waals surface area contributed by atoms with Crippen LogP contribution in [0.1, 0.15) is 170 Å². The lowest BCUT2D eigenvalue weighted by molar-refractivity contribution is -0.145. The lowest BCUT2D eigenvalue weighted by Crippen LogP contribution is -2.13. The van der Waals surface area contributed by atoms with E-state index >= 15 is 0 Å². The first kappa shape index (κ1) is 36.9. The van der Waals surface area contributed by atoms with Crippen molar-refractivity contribution in [3.8, 4) is 0 Å². The van der Waals surface area contributed by atoms with Gasteiger partial charge in [0, 0.05) is 12.8 Å². The number of esters is 2. The van der Waals surface area contributed by atoms with Crippen LogP contribution in [0.15, 0.2) is 0 Å². The fourth-order valence-electron chi connectivity index (χ4n) is 5.03. The van der Waals surface area contributed by atoms with E-state index in [-0.39, 0.29) is 11.9 Å². The van der Waals surface area contributed by atoms with Crippen LogP contribution >= 0.6 is 0 Å². The molecule has 4 nitrogen and oxygen atoms in total. The molecule has 0 aromatic rings. The second-order valence-electron chi connectivity index (χ2n) is 12.8. The van der Waals surface area contributed by atoms with E-state index in [2.05, 4.69) is 41.5 Å². The van der Waals surface area contributed by atoms with Crippen LogP contribution < -0.4 is 0 Å². The van der Waals surface area contributed by atoms with Crippen molar-refractivity contribution in [2.24, 2.45) is 23.7 Å². The highest BCUT2D eigenvalue weighted by molar-refractivity contribution is 5.69. The Morgan fingerprint density at radius 3 is 1.32 bits per heavy atom. The minimum Gasteiger partial charge on any atom is -0.466 e. The summed E-state index contributed by atoms with van der Waals surface area (Å²) in [4.78, 5) is 24.0. The van der Waals surface area contributed by atoms with E-state index in [1.54, 1.807) is 0 Å². The summed E-state index contributed by atoms with van der Waals surface area (Å²) < 4.78 is 10.8. The van der Waals surface area contributed by atoms with E-state index in [1.807, 2.05) is 0 Å². The Balaban J connectivity index is 3.60. The monoisotopic (exact) mass is 538 g/mol. The summed E-state index contributed by atoms with van der Waals surface area (Å²) in [7, 11) is 0. The molecule has 0 aromatic carbocycles. The van der Waals surface area contributed by atoms with Crippen LogP contribution in [0.3, 0.4) is 0 Å². The molecule has 0 saturated heterocycles. The molecular formula is C34H66O4. The summed E-state index contributed by atoms with van der Waals surface area (Å²) in [6.45, 7) is 14.8. The van der Waals surface area contributed by atoms with Crippen LogP contribution in [0.25, 0.3) is 0 Å². The van der Waals surface area contributed by atoms with Gasteiger partial charge in [-0.2, -0.15) is 0 Å². The zero-order valence-corrected chi connectivity index (χ0v) is 26.5. The molecule has 0 aromatic heterocycles. The first-order valence-electron chi connectivity index (χ1n) is 16.5. The maximum atomic E-state index is 12.1. The molecule has 0 aliphatic heterocycles. The number of hydrogen-bond donors (Lipinski definition) is 0. The normalized spacial score (nSPS) is 12.4. The molecule has 0 radical (unpaired) electrons. The third kappa shape index (κ3) is 26.5. The smallest absolute Gasteiger partial charge is 0.305 e. The Bertz CT molecular complexity index is 541. The van der Waals surface area contributed by atoms with E-state index in [4.69, 9.17) is 9.47 Å². The fourth-order valence-corrected chi connectivity index (χ4v) is 5.03. The van der Waals surface area contributed by atoms with Crippen molar-refractivity contribution >= 4 is 11.9 Å². The topological polar surface area (TPSA) is 52.6 Å². The highest BCUT2D eigenvalue weighted by Crippen LogP contribution is 2.24. The molecule has 38 heavy (non-hydrogen) atoms.